The van der Waals surface area contributed by atoms with Gasteiger partial charge in [0.05, 0.1) is 28.5 Å². The first-order chi connectivity index (χ1) is 21.0. The molecule has 226 valence electrons. The number of benzene rings is 4. The molecule has 1 saturated carbocycles. The lowest BCUT2D eigenvalue weighted by atomic mass is 10.00. The van der Waals surface area contributed by atoms with Gasteiger partial charge in [-0.1, -0.05) is 6.07 Å². The van der Waals surface area contributed by atoms with E-state index in [0.717, 1.165) is 24.7 Å². The maximum absolute atomic E-state index is 14.3. The van der Waals surface area contributed by atoms with Crippen LogP contribution in [0.3, 0.4) is 0 Å². The van der Waals surface area contributed by atoms with Gasteiger partial charge in [-0.3, -0.25) is 9.10 Å². The number of hydrogen-bond acceptors (Lipinski definition) is 5. The van der Waals surface area contributed by atoms with Gasteiger partial charge >= 0.3 is 0 Å². The van der Waals surface area contributed by atoms with Crippen LogP contribution in [0, 0.1) is 11.6 Å². The highest BCUT2D eigenvalue weighted by atomic mass is 79.9. The van der Waals surface area contributed by atoms with Crippen LogP contribution in [0.15, 0.2) is 87.8 Å². The fraction of sp³-hybridized carbons (Fsp3) is 0.182. The van der Waals surface area contributed by atoms with E-state index in [9.17, 15) is 22.0 Å². The first-order valence-corrected chi connectivity index (χ1v) is 16.4. The highest BCUT2D eigenvalue weighted by Crippen LogP contribution is 2.48. The maximum Gasteiger partial charge on any atom is 0.255 e. The van der Waals surface area contributed by atoms with E-state index in [-0.39, 0.29) is 28.7 Å². The molecule has 1 N–H and O–H groups in total. The van der Waals surface area contributed by atoms with E-state index in [0.29, 0.717) is 50.6 Å². The third-order valence-electron chi connectivity index (χ3n) is 7.45. The number of ether oxygens (including phenoxy) is 1. The molecule has 0 unspecified atom stereocenters. The third-order valence-corrected chi connectivity index (χ3v) is 9.22. The van der Waals surface area contributed by atoms with E-state index >= 15 is 0 Å². The maximum atomic E-state index is 14.3. The molecule has 0 spiro atoms. The van der Waals surface area contributed by atoms with Crippen molar-refractivity contribution < 1.29 is 31.1 Å². The Labute approximate surface area is 261 Å². The van der Waals surface area contributed by atoms with Gasteiger partial charge < -0.3 is 14.5 Å². The fourth-order valence-corrected chi connectivity index (χ4v) is 6.28. The minimum absolute atomic E-state index is 0.0837. The number of hydrogen-bond donors (Lipinski definition) is 1. The molecule has 1 heterocycles. The number of carbonyl (C=O) groups is 1. The topological polar surface area (TPSA) is 88.8 Å². The van der Waals surface area contributed by atoms with Crippen LogP contribution in [0.25, 0.3) is 22.3 Å². The minimum atomic E-state index is -3.80. The molecule has 11 heteroatoms. The van der Waals surface area contributed by atoms with Gasteiger partial charge in [-0.2, -0.15) is 0 Å². The zero-order valence-corrected chi connectivity index (χ0v) is 26.1. The molecule has 0 atom stereocenters. The Morgan fingerprint density at radius 1 is 1.00 bits per heavy atom. The van der Waals surface area contributed by atoms with Crippen molar-refractivity contribution in [2.75, 3.05) is 17.6 Å². The van der Waals surface area contributed by atoms with Gasteiger partial charge in [-0.15, -0.1) is 0 Å². The van der Waals surface area contributed by atoms with Crippen molar-refractivity contribution in [2.24, 2.45) is 0 Å². The molecule has 0 aliphatic heterocycles. The lowest BCUT2D eigenvalue weighted by molar-refractivity contribution is 0.0964. The number of nitrogens with one attached hydrogen (secondary N) is 1. The van der Waals surface area contributed by atoms with E-state index in [1.54, 1.807) is 42.5 Å². The third kappa shape index (κ3) is 6.07. The van der Waals surface area contributed by atoms with Crippen molar-refractivity contribution in [1.82, 2.24) is 5.32 Å². The molecule has 6 rings (SSSR count). The summed E-state index contributed by atoms with van der Waals surface area (Å²) >= 11 is 3.14. The molecule has 0 radical (unpaired) electrons. The van der Waals surface area contributed by atoms with Crippen LogP contribution in [-0.2, 0) is 16.6 Å². The van der Waals surface area contributed by atoms with Crippen molar-refractivity contribution in [3.05, 3.63) is 112 Å². The predicted molar refractivity (Wildman–Crippen MR) is 169 cm³/mol. The Balaban J connectivity index is 1.44. The standard InChI is InChI=1S/C33H27BrF2N2O5S/c1-37-33(39)31-26-16-25(20-4-5-20)29(38(44(2,40)41)18-19-3-14-27(34)28(36)15-19)17-30(26)43-32(31)21-6-10-23(11-7-21)42-24-12-8-22(35)9-13-24/h3,6-17,20H,4-5,18H2,1-2H3,(H,37,39). The Bertz CT molecular complexity index is 1990. The van der Waals surface area contributed by atoms with Crippen LogP contribution < -0.4 is 14.4 Å². The van der Waals surface area contributed by atoms with Gasteiger partial charge in [0.2, 0.25) is 10.0 Å². The largest absolute Gasteiger partial charge is 0.457 e. The normalized spacial score (nSPS) is 13.2. The average molecular weight is 682 g/mol. The number of carbonyl (C=O) groups excluding carboxylic acids is 1. The number of nitrogens with zero attached hydrogens (tertiary/aromatic N) is 1. The van der Waals surface area contributed by atoms with Gasteiger partial charge in [0.15, 0.2) is 0 Å². The van der Waals surface area contributed by atoms with Crippen LogP contribution >= 0.6 is 15.9 Å². The van der Waals surface area contributed by atoms with Crippen molar-refractivity contribution in [3.8, 4) is 22.8 Å². The van der Waals surface area contributed by atoms with Gasteiger partial charge in [0, 0.05) is 24.1 Å². The van der Waals surface area contributed by atoms with Crippen molar-refractivity contribution in [1.29, 1.82) is 0 Å². The zero-order valence-electron chi connectivity index (χ0n) is 23.7. The summed E-state index contributed by atoms with van der Waals surface area (Å²) < 4.78 is 67.5. The molecule has 1 fully saturated rings. The predicted octanol–water partition coefficient (Wildman–Crippen LogP) is 8.14. The number of fused-ring (bicyclic) bond motifs is 1. The van der Waals surface area contributed by atoms with Gasteiger partial charge in [-0.05, 0) is 113 Å². The van der Waals surface area contributed by atoms with E-state index in [2.05, 4.69) is 21.2 Å². The Morgan fingerprint density at radius 2 is 1.66 bits per heavy atom. The zero-order chi connectivity index (χ0) is 31.2. The second-order valence-corrected chi connectivity index (χ2v) is 13.4. The van der Waals surface area contributed by atoms with E-state index in [1.165, 1.54) is 41.7 Å². The van der Waals surface area contributed by atoms with E-state index < -0.39 is 15.8 Å². The van der Waals surface area contributed by atoms with E-state index in [1.807, 2.05) is 6.07 Å². The smallest absolute Gasteiger partial charge is 0.255 e. The number of halogens is 3. The van der Waals surface area contributed by atoms with Crippen LogP contribution in [0.4, 0.5) is 14.5 Å². The number of sulfonamides is 1. The van der Waals surface area contributed by atoms with Crippen molar-refractivity contribution in [3.63, 3.8) is 0 Å². The van der Waals surface area contributed by atoms with Crippen LogP contribution in [0.1, 0.15) is 40.2 Å². The lowest BCUT2D eigenvalue weighted by Gasteiger charge is -2.25. The molecule has 5 aromatic rings. The summed E-state index contributed by atoms with van der Waals surface area (Å²) in [5, 5.41) is 3.24. The van der Waals surface area contributed by atoms with Crippen molar-refractivity contribution in [2.45, 2.75) is 25.3 Å². The summed E-state index contributed by atoms with van der Waals surface area (Å²) in [5.74, 6) is 0.180. The minimum Gasteiger partial charge on any atom is -0.457 e. The average Bonchev–Trinajstić information content (AvgIpc) is 3.78. The second-order valence-electron chi connectivity index (χ2n) is 10.7. The van der Waals surface area contributed by atoms with Crippen molar-refractivity contribution >= 4 is 48.5 Å². The lowest BCUT2D eigenvalue weighted by Crippen LogP contribution is -2.30. The monoisotopic (exact) mass is 680 g/mol. The summed E-state index contributed by atoms with van der Waals surface area (Å²) in [5.41, 5.74) is 2.95. The number of rotatable bonds is 9. The number of anilines is 1. The molecule has 1 amide bonds. The molecule has 1 aliphatic carbocycles. The molecular weight excluding hydrogens is 654 g/mol. The van der Waals surface area contributed by atoms with Crippen LogP contribution in [-0.4, -0.2) is 27.6 Å². The summed E-state index contributed by atoms with van der Waals surface area (Å²) in [6, 6.07) is 20.6. The molecule has 0 saturated heterocycles. The highest BCUT2D eigenvalue weighted by molar-refractivity contribution is 9.10. The second kappa shape index (κ2) is 11.7. The SMILES string of the molecule is CNC(=O)c1c(-c2ccc(Oc3ccc(F)cc3)cc2)oc2cc(N(Cc3ccc(Br)c(F)c3)S(C)(=O)=O)c(C3CC3)cc12. The molecule has 4 aromatic carbocycles. The molecule has 0 bridgehead atoms. The summed E-state index contributed by atoms with van der Waals surface area (Å²) in [6.45, 7) is -0.0837. The summed E-state index contributed by atoms with van der Waals surface area (Å²) in [4.78, 5) is 13.2. The Kier molecular flexibility index (Phi) is 7.93. The van der Waals surface area contributed by atoms with Gasteiger partial charge in [0.25, 0.3) is 5.91 Å². The molecule has 7 nitrogen and oxygen atoms in total. The van der Waals surface area contributed by atoms with Gasteiger partial charge in [-0.25, -0.2) is 17.2 Å². The Morgan fingerprint density at radius 3 is 2.25 bits per heavy atom. The summed E-state index contributed by atoms with van der Waals surface area (Å²) in [6.07, 6.45) is 2.86. The number of amides is 1. The first-order valence-electron chi connectivity index (χ1n) is 13.8. The van der Waals surface area contributed by atoms with Gasteiger partial charge in [0.1, 0.15) is 34.5 Å². The summed E-state index contributed by atoms with van der Waals surface area (Å²) in [7, 11) is -2.27. The van der Waals surface area contributed by atoms with Crippen LogP contribution in [0.5, 0.6) is 11.5 Å². The molecule has 44 heavy (non-hydrogen) atoms. The first kappa shape index (κ1) is 29.8. The highest BCUT2D eigenvalue weighted by Gasteiger charge is 2.33. The van der Waals surface area contributed by atoms with Crippen LogP contribution in [0.2, 0.25) is 0 Å². The molecular formula is C33H27BrF2N2O5S. The fourth-order valence-electron chi connectivity index (χ4n) is 5.14. The molecule has 1 aliphatic rings. The quantitative estimate of drug-likeness (QED) is 0.170. The Hall–Kier alpha value is -4.22. The molecule has 1 aromatic heterocycles. The number of furan rings is 1. The van der Waals surface area contributed by atoms with E-state index in [4.69, 9.17) is 9.15 Å².